The topological polar surface area (TPSA) is 21.3 Å². The number of hydrogen-bond donors (Lipinski definition) is 1. The second-order valence-corrected chi connectivity index (χ2v) is 6.39. The van der Waals surface area contributed by atoms with Crippen LogP contribution in [0.1, 0.15) is 18.5 Å². The molecule has 0 spiro atoms. The molecule has 0 amide bonds. The summed E-state index contributed by atoms with van der Waals surface area (Å²) in [7, 11) is 1.66. The van der Waals surface area contributed by atoms with Crippen LogP contribution in [-0.4, -0.2) is 7.11 Å². The standard InChI is InChI=1S/C13H13BrClNOS/c1-8(9-3-13(15)18-7-9)16-11-4-10(14)5-12(6-11)17-2/h3-8,16H,1-2H3. The van der Waals surface area contributed by atoms with Gasteiger partial charge in [-0.15, -0.1) is 11.3 Å². The van der Waals surface area contributed by atoms with Crippen LogP contribution in [-0.2, 0) is 0 Å². The number of thiophene rings is 1. The molecular formula is C13H13BrClNOS. The van der Waals surface area contributed by atoms with Gasteiger partial charge < -0.3 is 10.1 Å². The molecule has 0 bridgehead atoms. The van der Waals surface area contributed by atoms with Crippen molar-refractivity contribution in [1.29, 1.82) is 0 Å². The first kappa shape index (κ1) is 13.7. The zero-order valence-corrected chi connectivity index (χ0v) is 13.2. The number of methoxy groups -OCH3 is 1. The van der Waals surface area contributed by atoms with E-state index in [4.69, 9.17) is 16.3 Å². The van der Waals surface area contributed by atoms with Gasteiger partial charge in [0.1, 0.15) is 5.75 Å². The lowest BCUT2D eigenvalue weighted by Gasteiger charge is -2.15. The number of halogens is 2. The number of hydrogen-bond acceptors (Lipinski definition) is 3. The van der Waals surface area contributed by atoms with Gasteiger partial charge in [0.15, 0.2) is 0 Å². The number of nitrogens with one attached hydrogen (secondary N) is 1. The minimum absolute atomic E-state index is 0.202. The molecular weight excluding hydrogens is 334 g/mol. The van der Waals surface area contributed by atoms with E-state index >= 15 is 0 Å². The summed E-state index contributed by atoms with van der Waals surface area (Å²) in [6, 6.07) is 8.10. The van der Waals surface area contributed by atoms with Gasteiger partial charge in [0, 0.05) is 22.3 Å². The molecule has 1 aromatic heterocycles. The molecule has 2 rings (SSSR count). The van der Waals surface area contributed by atoms with Gasteiger partial charge in [-0.1, -0.05) is 27.5 Å². The Balaban J connectivity index is 2.16. The van der Waals surface area contributed by atoms with Gasteiger partial charge in [-0.2, -0.15) is 0 Å². The maximum atomic E-state index is 5.94. The van der Waals surface area contributed by atoms with E-state index in [0.717, 1.165) is 20.2 Å². The summed E-state index contributed by atoms with van der Waals surface area (Å²) in [6.45, 7) is 2.10. The normalized spacial score (nSPS) is 12.2. The average Bonchev–Trinajstić information content (AvgIpc) is 2.75. The summed E-state index contributed by atoms with van der Waals surface area (Å²) in [5.41, 5.74) is 2.19. The minimum Gasteiger partial charge on any atom is -0.497 e. The van der Waals surface area contributed by atoms with E-state index in [9.17, 15) is 0 Å². The van der Waals surface area contributed by atoms with Gasteiger partial charge in [0.05, 0.1) is 11.4 Å². The predicted octanol–water partition coefficient (Wildman–Crippen LogP) is 5.35. The summed E-state index contributed by atoms with van der Waals surface area (Å²) in [6.07, 6.45) is 0. The Morgan fingerprint density at radius 2 is 2.11 bits per heavy atom. The predicted molar refractivity (Wildman–Crippen MR) is 82.1 cm³/mol. The van der Waals surface area contributed by atoms with Gasteiger partial charge in [0.2, 0.25) is 0 Å². The van der Waals surface area contributed by atoms with Gasteiger partial charge in [-0.25, -0.2) is 0 Å². The molecule has 1 atom stereocenters. The molecule has 0 fully saturated rings. The van der Waals surface area contributed by atoms with Gasteiger partial charge in [0.25, 0.3) is 0 Å². The smallest absolute Gasteiger partial charge is 0.122 e. The van der Waals surface area contributed by atoms with Crippen molar-refractivity contribution in [2.24, 2.45) is 0 Å². The molecule has 0 saturated heterocycles. The largest absolute Gasteiger partial charge is 0.497 e. The Morgan fingerprint density at radius 3 is 2.72 bits per heavy atom. The molecule has 0 aliphatic heterocycles. The Morgan fingerprint density at radius 1 is 1.33 bits per heavy atom. The lowest BCUT2D eigenvalue weighted by molar-refractivity contribution is 0.414. The van der Waals surface area contributed by atoms with Crippen LogP contribution in [0.5, 0.6) is 5.75 Å². The van der Waals surface area contributed by atoms with Gasteiger partial charge >= 0.3 is 0 Å². The quantitative estimate of drug-likeness (QED) is 0.806. The van der Waals surface area contributed by atoms with Crippen molar-refractivity contribution in [3.05, 3.63) is 44.0 Å². The van der Waals surface area contributed by atoms with Crippen molar-refractivity contribution >= 4 is 44.6 Å². The van der Waals surface area contributed by atoms with Gasteiger partial charge in [-0.05, 0) is 36.1 Å². The fraction of sp³-hybridized carbons (Fsp3) is 0.231. The lowest BCUT2D eigenvalue weighted by Crippen LogP contribution is -2.05. The second kappa shape index (κ2) is 5.95. The number of anilines is 1. The number of rotatable bonds is 4. The fourth-order valence-electron chi connectivity index (χ4n) is 1.65. The van der Waals surface area contributed by atoms with Crippen molar-refractivity contribution in [1.82, 2.24) is 0 Å². The summed E-state index contributed by atoms with van der Waals surface area (Å²) < 4.78 is 7.03. The van der Waals surface area contributed by atoms with Crippen LogP contribution in [0.4, 0.5) is 5.69 Å². The Kier molecular flexibility index (Phi) is 4.54. The highest BCUT2D eigenvalue weighted by molar-refractivity contribution is 9.10. The van der Waals surface area contributed by atoms with Crippen molar-refractivity contribution in [3.63, 3.8) is 0 Å². The van der Waals surface area contributed by atoms with Crippen LogP contribution in [0.2, 0.25) is 4.34 Å². The van der Waals surface area contributed by atoms with Crippen LogP contribution in [0, 0.1) is 0 Å². The van der Waals surface area contributed by atoms with Crippen LogP contribution >= 0.6 is 38.9 Å². The summed E-state index contributed by atoms with van der Waals surface area (Å²) >= 11 is 11.0. The molecule has 96 valence electrons. The van der Waals surface area contributed by atoms with E-state index < -0.39 is 0 Å². The average molecular weight is 347 g/mol. The molecule has 1 aromatic carbocycles. The highest BCUT2D eigenvalue weighted by atomic mass is 79.9. The minimum atomic E-state index is 0.202. The fourth-order valence-corrected chi connectivity index (χ4v) is 3.10. The van der Waals surface area contributed by atoms with Crippen LogP contribution in [0.3, 0.4) is 0 Å². The second-order valence-electron chi connectivity index (χ2n) is 3.93. The Labute approximate surface area is 124 Å². The third-order valence-electron chi connectivity index (χ3n) is 2.58. The third kappa shape index (κ3) is 3.40. The maximum Gasteiger partial charge on any atom is 0.122 e. The zero-order chi connectivity index (χ0) is 13.1. The molecule has 18 heavy (non-hydrogen) atoms. The van der Waals surface area contributed by atoms with Crippen LogP contribution in [0.15, 0.2) is 34.1 Å². The summed E-state index contributed by atoms with van der Waals surface area (Å²) in [5.74, 6) is 0.822. The molecule has 0 radical (unpaired) electrons. The van der Waals surface area contributed by atoms with Crippen molar-refractivity contribution in [2.75, 3.05) is 12.4 Å². The van der Waals surface area contributed by atoms with E-state index in [0.29, 0.717) is 0 Å². The highest BCUT2D eigenvalue weighted by Gasteiger charge is 2.08. The van der Waals surface area contributed by atoms with Crippen LogP contribution < -0.4 is 10.1 Å². The van der Waals surface area contributed by atoms with E-state index in [-0.39, 0.29) is 6.04 Å². The Hall–Kier alpha value is -0.710. The van der Waals surface area contributed by atoms with Crippen LogP contribution in [0.25, 0.3) is 0 Å². The number of benzene rings is 1. The van der Waals surface area contributed by atoms with E-state index in [1.807, 2.05) is 24.3 Å². The van der Waals surface area contributed by atoms with Crippen molar-refractivity contribution in [3.8, 4) is 5.75 Å². The molecule has 0 aliphatic rings. The highest BCUT2D eigenvalue weighted by Crippen LogP contribution is 2.30. The third-order valence-corrected chi connectivity index (χ3v) is 4.15. The molecule has 1 heterocycles. The monoisotopic (exact) mass is 345 g/mol. The lowest BCUT2D eigenvalue weighted by atomic mass is 10.1. The van der Waals surface area contributed by atoms with E-state index in [2.05, 4.69) is 33.6 Å². The van der Waals surface area contributed by atoms with Gasteiger partial charge in [-0.3, -0.25) is 0 Å². The SMILES string of the molecule is COc1cc(Br)cc(NC(C)c2csc(Cl)c2)c1. The van der Waals surface area contributed by atoms with E-state index in [1.54, 1.807) is 18.4 Å². The van der Waals surface area contributed by atoms with E-state index in [1.165, 1.54) is 5.56 Å². The summed E-state index contributed by atoms with van der Waals surface area (Å²) in [5, 5.41) is 5.49. The van der Waals surface area contributed by atoms with Crippen molar-refractivity contribution in [2.45, 2.75) is 13.0 Å². The number of ether oxygens (including phenoxy) is 1. The Bertz CT molecular complexity index is 544. The molecule has 1 N–H and O–H groups in total. The maximum absolute atomic E-state index is 5.94. The molecule has 1 unspecified atom stereocenters. The first-order chi connectivity index (χ1) is 8.58. The first-order valence-corrected chi connectivity index (χ1v) is 7.48. The first-order valence-electron chi connectivity index (χ1n) is 5.43. The molecule has 5 heteroatoms. The molecule has 0 aliphatic carbocycles. The molecule has 2 aromatic rings. The zero-order valence-electron chi connectivity index (χ0n) is 10.0. The molecule has 2 nitrogen and oxygen atoms in total. The molecule has 0 saturated carbocycles. The van der Waals surface area contributed by atoms with Crippen molar-refractivity contribution < 1.29 is 4.74 Å². The summed E-state index contributed by atoms with van der Waals surface area (Å²) in [4.78, 5) is 0.